The molecule has 0 rings (SSSR count). The first-order valence-electron chi connectivity index (χ1n) is 4.11. The Labute approximate surface area is 64.3 Å². The monoisotopic (exact) mass is 141 g/mol. The number of nitrogens with one attached hydrogen (secondary N) is 1. The van der Waals surface area contributed by atoms with Crippen LogP contribution in [0.15, 0.2) is 0 Å². The summed E-state index contributed by atoms with van der Waals surface area (Å²) in [7, 11) is 0. The lowest BCUT2D eigenvalue weighted by Gasteiger charge is -2.08. The van der Waals surface area contributed by atoms with Crippen LogP contribution in [0.2, 0.25) is 0 Å². The molecule has 1 N–H and O–H groups in total. The highest BCUT2D eigenvalue weighted by molar-refractivity contribution is 5.83. The molecule has 0 spiro atoms. The van der Waals surface area contributed by atoms with Gasteiger partial charge in [0.2, 0.25) is 0 Å². The summed E-state index contributed by atoms with van der Waals surface area (Å²) in [5.74, 6) is 1.18. The van der Waals surface area contributed by atoms with Crippen LogP contribution in [0.1, 0.15) is 40.5 Å². The van der Waals surface area contributed by atoms with E-state index in [0.29, 0.717) is 5.92 Å². The maximum Gasteiger partial charge on any atom is 0.0115 e. The van der Waals surface area contributed by atoms with Gasteiger partial charge in [0.1, 0.15) is 0 Å². The fraction of sp³-hybridized carbons (Fsp3) is 0.889. The third kappa shape index (κ3) is 4.54. The zero-order chi connectivity index (χ0) is 8.15. The Morgan fingerprint density at radius 2 is 1.70 bits per heavy atom. The second-order valence-electron chi connectivity index (χ2n) is 3.61. The summed E-state index contributed by atoms with van der Waals surface area (Å²) in [6, 6.07) is 0. The van der Waals surface area contributed by atoms with E-state index >= 15 is 0 Å². The van der Waals surface area contributed by atoms with Gasteiger partial charge in [0.05, 0.1) is 0 Å². The van der Waals surface area contributed by atoms with Crippen molar-refractivity contribution in [2.45, 2.75) is 40.5 Å². The molecular weight excluding hydrogens is 122 g/mol. The lowest BCUT2D eigenvalue weighted by Crippen LogP contribution is -2.06. The molecule has 0 amide bonds. The zero-order valence-corrected chi connectivity index (χ0v) is 7.57. The highest BCUT2D eigenvalue weighted by atomic mass is 14.4. The van der Waals surface area contributed by atoms with Gasteiger partial charge in [-0.1, -0.05) is 27.7 Å². The molecule has 0 unspecified atom stereocenters. The summed E-state index contributed by atoms with van der Waals surface area (Å²) in [5.41, 5.74) is 0.897. The van der Waals surface area contributed by atoms with E-state index in [1.807, 2.05) is 0 Å². The smallest absolute Gasteiger partial charge is 0.0115 e. The molecule has 0 radical (unpaired) electrons. The van der Waals surface area contributed by atoms with Crippen LogP contribution in [0.3, 0.4) is 0 Å². The number of hydrogen-bond donors (Lipinski definition) is 1. The van der Waals surface area contributed by atoms with Crippen LogP contribution in [-0.4, -0.2) is 5.71 Å². The number of rotatable bonds is 4. The minimum absolute atomic E-state index is 0.443. The molecule has 0 aliphatic rings. The third-order valence-electron chi connectivity index (χ3n) is 1.69. The third-order valence-corrected chi connectivity index (χ3v) is 1.69. The molecule has 1 heteroatoms. The van der Waals surface area contributed by atoms with Crippen molar-refractivity contribution in [2.75, 3.05) is 0 Å². The van der Waals surface area contributed by atoms with E-state index in [0.717, 1.165) is 24.5 Å². The molecule has 0 atom stereocenters. The molecule has 10 heavy (non-hydrogen) atoms. The Hall–Kier alpha value is -0.330. The maximum absolute atomic E-state index is 7.54. The minimum atomic E-state index is 0.443. The fourth-order valence-electron chi connectivity index (χ4n) is 0.733. The van der Waals surface area contributed by atoms with E-state index in [9.17, 15) is 0 Å². The average Bonchev–Trinajstić information content (AvgIpc) is 1.82. The normalized spacial score (nSPS) is 11.0. The molecule has 0 saturated heterocycles. The van der Waals surface area contributed by atoms with Crippen LogP contribution in [0, 0.1) is 17.2 Å². The second-order valence-corrected chi connectivity index (χ2v) is 3.61. The molecule has 0 saturated carbocycles. The Morgan fingerprint density at radius 1 is 1.20 bits per heavy atom. The Balaban J connectivity index is 3.40. The predicted octanol–water partition coefficient (Wildman–Crippen LogP) is 3.10. The van der Waals surface area contributed by atoms with Gasteiger partial charge >= 0.3 is 0 Å². The largest absolute Gasteiger partial charge is 0.309 e. The molecule has 0 aliphatic carbocycles. The molecule has 0 aromatic heterocycles. The quantitative estimate of drug-likeness (QED) is 0.582. The number of hydrogen-bond acceptors (Lipinski definition) is 1. The lowest BCUT2D eigenvalue weighted by molar-refractivity contribution is 0.594. The van der Waals surface area contributed by atoms with Gasteiger partial charge in [0, 0.05) is 5.71 Å². The van der Waals surface area contributed by atoms with Crippen molar-refractivity contribution < 1.29 is 0 Å². The minimum Gasteiger partial charge on any atom is -0.309 e. The molecular formula is C9H19N. The van der Waals surface area contributed by atoms with Crippen molar-refractivity contribution >= 4 is 5.71 Å². The van der Waals surface area contributed by atoms with Crippen molar-refractivity contribution in [2.24, 2.45) is 11.8 Å². The summed E-state index contributed by atoms with van der Waals surface area (Å²) < 4.78 is 0. The molecule has 0 heterocycles. The summed E-state index contributed by atoms with van der Waals surface area (Å²) in [4.78, 5) is 0. The van der Waals surface area contributed by atoms with Gasteiger partial charge in [-0.05, 0) is 24.7 Å². The maximum atomic E-state index is 7.54. The van der Waals surface area contributed by atoms with Crippen LogP contribution in [0.4, 0.5) is 0 Å². The summed E-state index contributed by atoms with van der Waals surface area (Å²) in [6.07, 6.45) is 2.15. The first-order valence-corrected chi connectivity index (χ1v) is 4.11. The summed E-state index contributed by atoms with van der Waals surface area (Å²) in [5, 5.41) is 7.54. The Kier molecular flexibility index (Phi) is 4.33. The standard InChI is InChI=1S/C9H19N/c1-7(2)5-6-9(10)8(3)4/h7-8,10H,5-6H2,1-4H3. The van der Waals surface area contributed by atoms with E-state index in [1.54, 1.807) is 0 Å². The van der Waals surface area contributed by atoms with Gasteiger partial charge in [-0.3, -0.25) is 0 Å². The van der Waals surface area contributed by atoms with E-state index < -0.39 is 0 Å². The van der Waals surface area contributed by atoms with E-state index in [1.165, 1.54) is 0 Å². The first-order chi connectivity index (χ1) is 4.54. The van der Waals surface area contributed by atoms with Crippen LogP contribution < -0.4 is 0 Å². The van der Waals surface area contributed by atoms with Crippen molar-refractivity contribution in [3.05, 3.63) is 0 Å². The van der Waals surface area contributed by atoms with E-state index in [4.69, 9.17) is 5.41 Å². The van der Waals surface area contributed by atoms with Crippen LogP contribution in [-0.2, 0) is 0 Å². The van der Waals surface area contributed by atoms with Gasteiger partial charge in [0.25, 0.3) is 0 Å². The van der Waals surface area contributed by atoms with E-state index in [-0.39, 0.29) is 0 Å². The molecule has 0 fully saturated rings. The predicted molar refractivity (Wildman–Crippen MR) is 46.6 cm³/mol. The van der Waals surface area contributed by atoms with Crippen molar-refractivity contribution in [1.82, 2.24) is 0 Å². The van der Waals surface area contributed by atoms with Crippen LogP contribution in [0.25, 0.3) is 0 Å². The molecule has 1 nitrogen and oxygen atoms in total. The van der Waals surface area contributed by atoms with Gasteiger partial charge < -0.3 is 5.41 Å². The molecule has 0 aliphatic heterocycles. The van der Waals surface area contributed by atoms with Crippen molar-refractivity contribution in [3.8, 4) is 0 Å². The van der Waals surface area contributed by atoms with Gasteiger partial charge in [-0.25, -0.2) is 0 Å². The fourth-order valence-corrected chi connectivity index (χ4v) is 0.733. The van der Waals surface area contributed by atoms with Gasteiger partial charge in [-0.15, -0.1) is 0 Å². The highest BCUT2D eigenvalue weighted by Crippen LogP contribution is 2.08. The summed E-state index contributed by atoms with van der Waals surface area (Å²) >= 11 is 0. The van der Waals surface area contributed by atoms with Crippen molar-refractivity contribution in [1.29, 1.82) is 5.41 Å². The van der Waals surface area contributed by atoms with Gasteiger partial charge in [0.15, 0.2) is 0 Å². The van der Waals surface area contributed by atoms with Gasteiger partial charge in [-0.2, -0.15) is 0 Å². The SMILES string of the molecule is CC(C)CCC(=N)C(C)C. The average molecular weight is 141 g/mol. The lowest BCUT2D eigenvalue weighted by atomic mass is 9.99. The zero-order valence-electron chi connectivity index (χ0n) is 7.57. The molecule has 60 valence electrons. The van der Waals surface area contributed by atoms with Crippen LogP contribution >= 0.6 is 0 Å². The molecule has 0 aromatic carbocycles. The Morgan fingerprint density at radius 3 is 2.00 bits per heavy atom. The Bertz CT molecular complexity index is 103. The summed E-state index contributed by atoms with van der Waals surface area (Å²) in [6.45, 7) is 8.58. The topological polar surface area (TPSA) is 23.9 Å². The van der Waals surface area contributed by atoms with Crippen molar-refractivity contribution in [3.63, 3.8) is 0 Å². The van der Waals surface area contributed by atoms with Crippen LogP contribution in [0.5, 0.6) is 0 Å². The molecule has 0 aromatic rings. The van der Waals surface area contributed by atoms with E-state index in [2.05, 4.69) is 27.7 Å². The molecule has 0 bridgehead atoms. The highest BCUT2D eigenvalue weighted by Gasteiger charge is 2.02. The first kappa shape index (κ1) is 9.67. The second kappa shape index (κ2) is 4.48.